The second-order valence-corrected chi connectivity index (χ2v) is 3.73. The zero-order valence-electron chi connectivity index (χ0n) is 9.53. The first-order valence-electron chi connectivity index (χ1n) is 5.44. The Hall–Kier alpha value is -1.52. The van der Waals surface area contributed by atoms with Gasteiger partial charge in [-0.3, -0.25) is 4.79 Å². The maximum atomic E-state index is 13.2. The first-order valence-corrected chi connectivity index (χ1v) is 5.44. The molecule has 0 aromatic heterocycles. The molecule has 0 aliphatic rings. The van der Waals surface area contributed by atoms with Crippen LogP contribution in [0.4, 0.5) is 13.2 Å². The molecular formula is C12H14F3NO. The van der Waals surface area contributed by atoms with E-state index >= 15 is 0 Å². The predicted molar refractivity (Wildman–Crippen MR) is 57.9 cm³/mol. The molecule has 0 aliphatic carbocycles. The highest BCUT2D eigenvalue weighted by Gasteiger charge is 2.14. The van der Waals surface area contributed by atoms with Crippen molar-refractivity contribution in [1.29, 1.82) is 0 Å². The van der Waals surface area contributed by atoms with Gasteiger partial charge in [0.05, 0.1) is 6.42 Å². The van der Waals surface area contributed by atoms with Crippen molar-refractivity contribution in [2.75, 3.05) is 6.54 Å². The van der Waals surface area contributed by atoms with E-state index in [1.54, 1.807) is 0 Å². The summed E-state index contributed by atoms with van der Waals surface area (Å²) in [5, 5.41) is 2.54. The Balaban J connectivity index is 2.65. The highest BCUT2D eigenvalue weighted by molar-refractivity contribution is 5.78. The first-order chi connectivity index (χ1) is 8.04. The third kappa shape index (κ3) is 4.09. The van der Waals surface area contributed by atoms with Gasteiger partial charge in [0.2, 0.25) is 5.91 Å². The molecule has 1 amide bonds. The third-order valence-electron chi connectivity index (χ3n) is 2.30. The summed E-state index contributed by atoms with van der Waals surface area (Å²) in [5.41, 5.74) is -0.402. The summed E-state index contributed by atoms with van der Waals surface area (Å²) in [7, 11) is 0. The van der Waals surface area contributed by atoms with Crippen molar-refractivity contribution in [3.8, 4) is 0 Å². The molecule has 1 N–H and O–H groups in total. The molecule has 17 heavy (non-hydrogen) atoms. The number of amides is 1. The lowest BCUT2D eigenvalue weighted by Crippen LogP contribution is -2.26. The van der Waals surface area contributed by atoms with Crippen LogP contribution in [0.5, 0.6) is 0 Å². The van der Waals surface area contributed by atoms with Crippen molar-refractivity contribution >= 4 is 5.91 Å². The van der Waals surface area contributed by atoms with Crippen LogP contribution in [0.2, 0.25) is 0 Å². The molecular weight excluding hydrogens is 231 g/mol. The maximum Gasteiger partial charge on any atom is 0.224 e. The van der Waals surface area contributed by atoms with E-state index in [4.69, 9.17) is 0 Å². The fourth-order valence-corrected chi connectivity index (χ4v) is 1.37. The molecule has 0 radical (unpaired) electrons. The smallest absolute Gasteiger partial charge is 0.224 e. The van der Waals surface area contributed by atoms with E-state index in [2.05, 4.69) is 5.32 Å². The van der Waals surface area contributed by atoms with Gasteiger partial charge in [-0.1, -0.05) is 13.3 Å². The zero-order chi connectivity index (χ0) is 12.8. The van der Waals surface area contributed by atoms with Gasteiger partial charge in [-0.2, -0.15) is 0 Å². The number of rotatable bonds is 5. The summed E-state index contributed by atoms with van der Waals surface area (Å²) in [6.45, 7) is 2.44. The molecule has 0 spiro atoms. The quantitative estimate of drug-likeness (QED) is 0.794. The van der Waals surface area contributed by atoms with Crippen molar-refractivity contribution in [2.24, 2.45) is 0 Å². The van der Waals surface area contributed by atoms with E-state index in [9.17, 15) is 18.0 Å². The molecule has 5 heteroatoms. The summed E-state index contributed by atoms with van der Waals surface area (Å²) >= 11 is 0. The van der Waals surface area contributed by atoms with Crippen LogP contribution in [0.3, 0.4) is 0 Å². The number of carbonyl (C=O) groups is 1. The topological polar surface area (TPSA) is 29.1 Å². The fourth-order valence-electron chi connectivity index (χ4n) is 1.37. The molecule has 0 saturated heterocycles. The van der Waals surface area contributed by atoms with Crippen molar-refractivity contribution < 1.29 is 18.0 Å². The van der Waals surface area contributed by atoms with Crippen molar-refractivity contribution in [3.63, 3.8) is 0 Å². The SMILES string of the molecule is CCCCNC(=O)Cc1c(F)cc(F)cc1F. The molecule has 1 aromatic carbocycles. The van der Waals surface area contributed by atoms with Gasteiger partial charge in [-0.25, -0.2) is 13.2 Å². The Morgan fingerprint density at radius 2 is 1.82 bits per heavy atom. The van der Waals surface area contributed by atoms with E-state index in [0.29, 0.717) is 18.7 Å². The number of halogens is 3. The van der Waals surface area contributed by atoms with Crippen LogP contribution in [0.15, 0.2) is 12.1 Å². The van der Waals surface area contributed by atoms with Crippen molar-refractivity contribution in [2.45, 2.75) is 26.2 Å². The normalized spacial score (nSPS) is 10.4. The summed E-state index contributed by atoms with van der Waals surface area (Å²) in [5.74, 6) is -3.53. The second-order valence-electron chi connectivity index (χ2n) is 3.73. The standard InChI is InChI=1S/C12H14F3NO/c1-2-3-4-16-12(17)7-9-10(14)5-8(13)6-11(9)15/h5-6H,2-4,7H2,1H3,(H,16,17). The molecule has 2 nitrogen and oxygen atoms in total. The highest BCUT2D eigenvalue weighted by atomic mass is 19.1. The lowest BCUT2D eigenvalue weighted by molar-refractivity contribution is -0.120. The van der Waals surface area contributed by atoms with Gasteiger partial charge in [-0.05, 0) is 6.42 Å². The molecule has 0 bridgehead atoms. The number of nitrogens with one attached hydrogen (secondary N) is 1. The maximum absolute atomic E-state index is 13.2. The van der Waals surface area contributed by atoms with Crippen LogP contribution in [0, 0.1) is 17.5 Å². The molecule has 0 fully saturated rings. The van der Waals surface area contributed by atoms with Crippen molar-refractivity contribution in [3.05, 3.63) is 35.1 Å². The lowest BCUT2D eigenvalue weighted by atomic mass is 10.1. The summed E-state index contributed by atoms with van der Waals surface area (Å²) in [6.07, 6.45) is 1.31. The average Bonchev–Trinajstić information content (AvgIpc) is 2.24. The molecule has 94 valence electrons. The van der Waals surface area contributed by atoms with Crippen LogP contribution in [-0.4, -0.2) is 12.5 Å². The molecule has 1 aromatic rings. The van der Waals surface area contributed by atoms with Gasteiger partial charge >= 0.3 is 0 Å². The van der Waals surface area contributed by atoms with E-state index in [0.717, 1.165) is 12.8 Å². The van der Waals surface area contributed by atoms with Gasteiger partial charge in [0.25, 0.3) is 0 Å². The largest absolute Gasteiger partial charge is 0.356 e. The van der Waals surface area contributed by atoms with Gasteiger partial charge in [-0.15, -0.1) is 0 Å². The Morgan fingerprint density at radius 1 is 1.24 bits per heavy atom. The first kappa shape index (κ1) is 13.5. The monoisotopic (exact) mass is 245 g/mol. The minimum Gasteiger partial charge on any atom is -0.356 e. The van der Waals surface area contributed by atoms with Crippen LogP contribution < -0.4 is 5.32 Å². The second kappa shape index (κ2) is 6.27. The Kier molecular flexibility index (Phi) is 5.00. The zero-order valence-corrected chi connectivity index (χ0v) is 9.53. The number of unbranched alkanes of at least 4 members (excludes halogenated alkanes) is 1. The Morgan fingerprint density at radius 3 is 2.35 bits per heavy atom. The minimum absolute atomic E-state index is 0.402. The fraction of sp³-hybridized carbons (Fsp3) is 0.417. The Labute approximate surface area is 97.8 Å². The number of hydrogen-bond acceptors (Lipinski definition) is 1. The number of hydrogen-bond donors (Lipinski definition) is 1. The molecule has 0 atom stereocenters. The van der Waals surface area contributed by atoms with Crippen LogP contribution in [0.1, 0.15) is 25.3 Å². The number of carbonyl (C=O) groups excluding carboxylic acids is 1. The van der Waals surface area contributed by atoms with Gasteiger partial charge in [0.15, 0.2) is 0 Å². The van der Waals surface area contributed by atoms with Crippen molar-refractivity contribution in [1.82, 2.24) is 5.32 Å². The van der Waals surface area contributed by atoms with Gasteiger partial charge in [0, 0.05) is 24.2 Å². The highest BCUT2D eigenvalue weighted by Crippen LogP contribution is 2.15. The van der Waals surface area contributed by atoms with Gasteiger partial charge < -0.3 is 5.32 Å². The predicted octanol–water partition coefficient (Wildman–Crippen LogP) is 2.56. The summed E-state index contributed by atoms with van der Waals surface area (Å²) < 4.78 is 39.0. The minimum atomic E-state index is -1.03. The molecule has 1 rings (SSSR count). The van der Waals surface area contributed by atoms with Crippen LogP contribution >= 0.6 is 0 Å². The Bertz CT molecular complexity index is 384. The number of benzene rings is 1. The summed E-state index contributed by atoms with van der Waals surface area (Å²) in [4.78, 5) is 11.3. The summed E-state index contributed by atoms with van der Waals surface area (Å²) in [6, 6.07) is 1.13. The van der Waals surface area contributed by atoms with E-state index in [1.165, 1.54) is 0 Å². The van der Waals surface area contributed by atoms with E-state index in [-0.39, 0.29) is 0 Å². The van der Waals surface area contributed by atoms with E-state index in [1.807, 2.05) is 6.92 Å². The molecule has 0 heterocycles. The average molecular weight is 245 g/mol. The van der Waals surface area contributed by atoms with Crippen LogP contribution in [-0.2, 0) is 11.2 Å². The molecule has 0 aliphatic heterocycles. The van der Waals surface area contributed by atoms with E-state index < -0.39 is 35.3 Å². The van der Waals surface area contributed by atoms with Crippen LogP contribution in [0.25, 0.3) is 0 Å². The van der Waals surface area contributed by atoms with Gasteiger partial charge in [0.1, 0.15) is 17.5 Å². The third-order valence-corrected chi connectivity index (χ3v) is 2.30. The lowest BCUT2D eigenvalue weighted by Gasteiger charge is -2.06. The molecule has 0 saturated carbocycles. The molecule has 0 unspecified atom stereocenters.